The van der Waals surface area contributed by atoms with Gasteiger partial charge in [-0.15, -0.1) is 0 Å². The summed E-state index contributed by atoms with van der Waals surface area (Å²) in [5.74, 6) is -0.893. The molecular weight excluding hydrogens is 224 g/mol. The number of hydrogen-bond acceptors (Lipinski definition) is 8. The van der Waals surface area contributed by atoms with Gasteiger partial charge in [0.2, 0.25) is 6.29 Å². The van der Waals surface area contributed by atoms with Crippen LogP contribution >= 0.6 is 0 Å². The molecule has 0 rings (SSSR count). The van der Waals surface area contributed by atoms with Gasteiger partial charge in [0, 0.05) is 6.92 Å². The highest BCUT2D eigenvalue weighted by atomic mass is 16.6. The molecule has 8 nitrogen and oxygen atoms in total. The Morgan fingerprint density at radius 1 is 1.06 bits per heavy atom. The first-order valence-corrected chi connectivity index (χ1v) is 4.49. The highest BCUT2D eigenvalue weighted by Gasteiger charge is 2.35. The molecule has 0 aromatic heterocycles. The van der Waals surface area contributed by atoms with Crippen LogP contribution in [0.5, 0.6) is 0 Å². The zero-order valence-electron chi connectivity index (χ0n) is 8.59. The molecule has 16 heavy (non-hydrogen) atoms. The van der Waals surface area contributed by atoms with E-state index in [4.69, 9.17) is 20.4 Å². The molecule has 6 N–H and O–H groups in total. The van der Waals surface area contributed by atoms with Crippen molar-refractivity contribution in [2.45, 2.75) is 37.6 Å². The topological polar surface area (TPSA) is 148 Å². The Hall–Kier alpha value is -0.770. The summed E-state index contributed by atoms with van der Waals surface area (Å²) in [4.78, 5) is 10.4. The minimum Gasteiger partial charge on any atom is -0.433 e. The molecule has 0 aromatic carbocycles. The van der Waals surface area contributed by atoms with E-state index in [1.54, 1.807) is 0 Å². The van der Waals surface area contributed by atoms with Crippen LogP contribution in [-0.2, 0) is 9.53 Å². The van der Waals surface area contributed by atoms with Crippen molar-refractivity contribution in [1.29, 1.82) is 0 Å². The standard InChI is InChI=1S/C8H16O8/c1-3(10)16-8(15)7(14)6(13)5(12)4(11)2-9/h4-9,11-15H,2H2,1H3/t4-,5-,6-,7+,8?/m0/s1. The van der Waals surface area contributed by atoms with Gasteiger partial charge in [-0.05, 0) is 0 Å². The van der Waals surface area contributed by atoms with E-state index < -0.39 is 43.3 Å². The number of rotatable bonds is 6. The summed E-state index contributed by atoms with van der Waals surface area (Å²) >= 11 is 0. The molecular formula is C8H16O8. The van der Waals surface area contributed by atoms with E-state index in [1.807, 2.05) is 0 Å². The first-order chi connectivity index (χ1) is 7.31. The van der Waals surface area contributed by atoms with Crippen LogP contribution in [0.25, 0.3) is 0 Å². The summed E-state index contributed by atoms with van der Waals surface area (Å²) in [5, 5.41) is 54.1. The lowest BCUT2D eigenvalue weighted by atomic mass is 10.0. The van der Waals surface area contributed by atoms with E-state index in [9.17, 15) is 15.0 Å². The van der Waals surface area contributed by atoms with Gasteiger partial charge in [-0.3, -0.25) is 4.79 Å². The lowest BCUT2D eigenvalue weighted by Gasteiger charge is -2.27. The Kier molecular flexibility index (Phi) is 6.41. The molecule has 96 valence electrons. The summed E-state index contributed by atoms with van der Waals surface area (Å²) in [6, 6.07) is 0. The van der Waals surface area contributed by atoms with Gasteiger partial charge in [0.1, 0.15) is 24.4 Å². The van der Waals surface area contributed by atoms with Gasteiger partial charge < -0.3 is 35.4 Å². The molecule has 0 aliphatic heterocycles. The quantitative estimate of drug-likeness (QED) is 0.205. The van der Waals surface area contributed by atoms with Crippen LogP contribution in [0.15, 0.2) is 0 Å². The van der Waals surface area contributed by atoms with Crippen LogP contribution in [0.4, 0.5) is 0 Å². The Bertz CT molecular complexity index is 220. The Balaban J connectivity index is 4.35. The van der Waals surface area contributed by atoms with Crippen molar-refractivity contribution in [2.24, 2.45) is 0 Å². The maximum atomic E-state index is 10.4. The Morgan fingerprint density at radius 2 is 1.56 bits per heavy atom. The van der Waals surface area contributed by atoms with Crippen LogP contribution in [-0.4, -0.2) is 73.9 Å². The van der Waals surface area contributed by atoms with Crippen LogP contribution in [0.2, 0.25) is 0 Å². The first-order valence-electron chi connectivity index (χ1n) is 4.49. The van der Waals surface area contributed by atoms with E-state index in [1.165, 1.54) is 0 Å². The summed E-state index contributed by atoms with van der Waals surface area (Å²) in [7, 11) is 0. The van der Waals surface area contributed by atoms with Gasteiger partial charge in [-0.1, -0.05) is 0 Å². The van der Waals surface area contributed by atoms with Crippen molar-refractivity contribution in [3.8, 4) is 0 Å². The fourth-order valence-corrected chi connectivity index (χ4v) is 0.946. The van der Waals surface area contributed by atoms with Gasteiger partial charge in [0.05, 0.1) is 6.61 Å². The van der Waals surface area contributed by atoms with E-state index in [-0.39, 0.29) is 0 Å². The summed E-state index contributed by atoms with van der Waals surface area (Å²) in [6.07, 6.45) is -9.58. The Labute approximate surface area is 91.3 Å². The van der Waals surface area contributed by atoms with Crippen LogP contribution in [0.1, 0.15) is 6.92 Å². The zero-order valence-corrected chi connectivity index (χ0v) is 8.59. The molecule has 0 saturated heterocycles. The van der Waals surface area contributed by atoms with Crippen molar-refractivity contribution in [3.05, 3.63) is 0 Å². The maximum absolute atomic E-state index is 10.4. The molecule has 0 amide bonds. The average Bonchev–Trinajstić information content (AvgIpc) is 2.23. The van der Waals surface area contributed by atoms with E-state index >= 15 is 0 Å². The summed E-state index contributed by atoms with van der Waals surface area (Å²) in [6.45, 7) is 0.135. The molecule has 0 spiro atoms. The molecule has 0 fully saturated rings. The van der Waals surface area contributed by atoms with Crippen LogP contribution in [0, 0.1) is 0 Å². The molecule has 0 radical (unpaired) electrons. The molecule has 1 unspecified atom stereocenters. The van der Waals surface area contributed by atoms with Gasteiger partial charge in [-0.25, -0.2) is 0 Å². The molecule has 8 heteroatoms. The molecule has 0 aliphatic carbocycles. The van der Waals surface area contributed by atoms with Gasteiger partial charge in [0.25, 0.3) is 0 Å². The fraction of sp³-hybridized carbons (Fsp3) is 0.875. The highest BCUT2D eigenvalue weighted by molar-refractivity contribution is 5.66. The summed E-state index contributed by atoms with van der Waals surface area (Å²) in [5.41, 5.74) is 0. The van der Waals surface area contributed by atoms with Crippen molar-refractivity contribution >= 4 is 5.97 Å². The lowest BCUT2D eigenvalue weighted by molar-refractivity contribution is -0.212. The van der Waals surface area contributed by atoms with E-state index in [0.29, 0.717) is 0 Å². The van der Waals surface area contributed by atoms with Gasteiger partial charge >= 0.3 is 5.97 Å². The molecule has 0 aliphatic rings. The van der Waals surface area contributed by atoms with Crippen molar-refractivity contribution < 1.29 is 40.2 Å². The number of carbonyl (C=O) groups excluding carboxylic acids is 1. The maximum Gasteiger partial charge on any atom is 0.305 e. The number of ether oxygens (including phenoxy) is 1. The second-order valence-electron chi connectivity index (χ2n) is 3.22. The predicted molar refractivity (Wildman–Crippen MR) is 48.9 cm³/mol. The largest absolute Gasteiger partial charge is 0.433 e. The smallest absolute Gasteiger partial charge is 0.305 e. The van der Waals surface area contributed by atoms with Crippen molar-refractivity contribution in [2.75, 3.05) is 6.61 Å². The molecule has 0 heterocycles. The number of esters is 1. The average molecular weight is 240 g/mol. The fourth-order valence-electron chi connectivity index (χ4n) is 0.946. The highest BCUT2D eigenvalue weighted by Crippen LogP contribution is 2.09. The molecule has 0 bridgehead atoms. The van der Waals surface area contributed by atoms with Gasteiger partial charge in [0.15, 0.2) is 0 Å². The normalized spacial score (nSPS) is 20.7. The first kappa shape index (κ1) is 15.2. The second kappa shape index (κ2) is 6.74. The van der Waals surface area contributed by atoms with Crippen LogP contribution < -0.4 is 0 Å². The minimum atomic E-state index is -2.03. The third-order valence-electron chi connectivity index (χ3n) is 1.86. The number of hydrogen-bond donors (Lipinski definition) is 6. The zero-order chi connectivity index (χ0) is 12.9. The van der Waals surface area contributed by atoms with E-state index in [0.717, 1.165) is 6.92 Å². The SMILES string of the molecule is CC(=O)OC(O)[C@H](O)[C@@H](O)[C@@H](O)[C@@H](O)CO. The van der Waals surface area contributed by atoms with E-state index in [2.05, 4.69) is 4.74 Å². The van der Waals surface area contributed by atoms with Crippen LogP contribution in [0.3, 0.4) is 0 Å². The Morgan fingerprint density at radius 3 is 1.94 bits per heavy atom. The van der Waals surface area contributed by atoms with Crippen molar-refractivity contribution in [1.82, 2.24) is 0 Å². The molecule has 0 saturated carbocycles. The summed E-state index contributed by atoms with van der Waals surface area (Å²) < 4.78 is 4.15. The monoisotopic (exact) mass is 240 g/mol. The third-order valence-corrected chi connectivity index (χ3v) is 1.86. The second-order valence-corrected chi connectivity index (χ2v) is 3.22. The number of carbonyl (C=O) groups is 1. The number of aliphatic hydroxyl groups excluding tert-OH is 6. The predicted octanol–water partition coefficient (Wildman–Crippen LogP) is -3.70. The lowest BCUT2D eigenvalue weighted by Crippen LogP contribution is -2.50. The van der Waals surface area contributed by atoms with Gasteiger partial charge in [-0.2, -0.15) is 0 Å². The molecule has 0 aromatic rings. The van der Waals surface area contributed by atoms with Crippen molar-refractivity contribution in [3.63, 3.8) is 0 Å². The number of aliphatic hydroxyl groups is 6. The third kappa shape index (κ3) is 4.39. The minimum absolute atomic E-state index is 0.839. The molecule has 5 atom stereocenters.